The van der Waals surface area contributed by atoms with Crippen LogP contribution in [0.4, 0.5) is 4.79 Å². The summed E-state index contributed by atoms with van der Waals surface area (Å²) in [6, 6.07) is -0.675. The summed E-state index contributed by atoms with van der Waals surface area (Å²) in [5, 5.41) is 11.1. The van der Waals surface area contributed by atoms with Crippen LogP contribution in [-0.2, 0) is 14.4 Å². The van der Waals surface area contributed by atoms with Gasteiger partial charge < -0.3 is 14.9 Å². The number of carbonyl (C=O) groups excluding carboxylic acids is 3. The van der Waals surface area contributed by atoms with Crippen LogP contribution < -0.4 is 5.32 Å². The number of carbonyl (C=O) groups is 4. The molecule has 1 aliphatic rings. The molecule has 0 saturated carbocycles. The molecule has 0 spiro atoms. The van der Waals surface area contributed by atoms with Crippen molar-refractivity contribution in [3.63, 3.8) is 0 Å². The van der Waals surface area contributed by atoms with Gasteiger partial charge in [-0.25, -0.2) is 9.59 Å². The number of likely N-dealkylation sites (N-methyl/N-ethyl adjacent to an activating group) is 1. The fraction of sp³-hybridized carbons (Fsp3) is 0.600. The van der Waals surface area contributed by atoms with Gasteiger partial charge in [0.25, 0.3) is 0 Å². The van der Waals surface area contributed by atoms with E-state index < -0.39 is 29.4 Å². The number of hydrogen-bond acceptors (Lipinski definition) is 4. The van der Waals surface area contributed by atoms with Gasteiger partial charge in [0.2, 0.25) is 11.8 Å². The van der Waals surface area contributed by atoms with Gasteiger partial charge in [-0.15, -0.1) is 0 Å². The summed E-state index contributed by atoms with van der Waals surface area (Å²) >= 11 is 0. The van der Waals surface area contributed by atoms with Crippen LogP contribution in [0.1, 0.15) is 13.8 Å². The molecule has 2 N–H and O–H groups in total. The van der Waals surface area contributed by atoms with E-state index in [1.165, 1.54) is 20.9 Å². The number of piperazine rings is 1. The highest BCUT2D eigenvalue weighted by Gasteiger charge is 2.39. The summed E-state index contributed by atoms with van der Waals surface area (Å²) in [5.41, 5.74) is -1.42. The Morgan fingerprint density at radius 3 is 2.11 bits per heavy atom. The number of aliphatic carboxylic acids is 1. The fourth-order valence-electron chi connectivity index (χ4n) is 1.37. The number of carboxylic acids is 1. The van der Waals surface area contributed by atoms with Gasteiger partial charge in [-0.05, 0) is 13.8 Å². The molecule has 0 aromatic heterocycles. The molecule has 0 unspecified atom stereocenters. The molecule has 4 amide bonds. The standard InChI is InChI=1S/C10H15N3O5/c1-10(2,8(16)17)12(3)9(18)13-4-6(14)11-7(15)5-13/h4-5H2,1-3H3,(H,16,17)(H,11,14,15). The number of carboxylic acid groups (broad SMARTS) is 1. The Bertz CT molecular complexity index is 402. The van der Waals surface area contributed by atoms with Crippen molar-refractivity contribution < 1.29 is 24.3 Å². The van der Waals surface area contributed by atoms with Crippen LogP contribution >= 0.6 is 0 Å². The maximum Gasteiger partial charge on any atom is 0.329 e. The average molecular weight is 257 g/mol. The lowest BCUT2D eigenvalue weighted by Gasteiger charge is -2.36. The van der Waals surface area contributed by atoms with Gasteiger partial charge in [0.1, 0.15) is 18.6 Å². The van der Waals surface area contributed by atoms with E-state index in [4.69, 9.17) is 5.11 Å². The predicted octanol–water partition coefficient (Wildman–Crippen LogP) is -1.14. The molecule has 0 atom stereocenters. The van der Waals surface area contributed by atoms with E-state index in [1.807, 2.05) is 0 Å². The molecule has 8 heteroatoms. The minimum atomic E-state index is -1.42. The molecule has 1 aliphatic heterocycles. The van der Waals surface area contributed by atoms with Gasteiger partial charge in [0.15, 0.2) is 0 Å². The molecule has 0 bridgehead atoms. The largest absolute Gasteiger partial charge is 0.480 e. The van der Waals surface area contributed by atoms with Crippen molar-refractivity contribution in [2.24, 2.45) is 0 Å². The first kappa shape index (κ1) is 13.9. The van der Waals surface area contributed by atoms with Gasteiger partial charge in [-0.2, -0.15) is 0 Å². The summed E-state index contributed by atoms with van der Waals surface area (Å²) < 4.78 is 0. The average Bonchev–Trinajstić information content (AvgIpc) is 2.25. The van der Waals surface area contributed by atoms with Crippen molar-refractivity contribution in [1.82, 2.24) is 15.1 Å². The Kier molecular flexibility index (Phi) is 3.59. The molecule has 0 aliphatic carbocycles. The van der Waals surface area contributed by atoms with E-state index in [-0.39, 0.29) is 13.1 Å². The SMILES string of the molecule is CN(C(=O)N1CC(=O)NC(=O)C1)C(C)(C)C(=O)O. The second-order valence-electron chi connectivity index (χ2n) is 4.53. The number of nitrogens with one attached hydrogen (secondary N) is 1. The van der Waals surface area contributed by atoms with Crippen LogP contribution in [0.15, 0.2) is 0 Å². The Morgan fingerprint density at radius 2 is 1.72 bits per heavy atom. The third kappa shape index (κ3) is 2.58. The van der Waals surface area contributed by atoms with Crippen LogP contribution in [0.25, 0.3) is 0 Å². The third-order valence-electron chi connectivity index (χ3n) is 2.87. The van der Waals surface area contributed by atoms with Crippen molar-refractivity contribution in [3.05, 3.63) is 0 Å². The first-order valence-corrected chi connectivity index (χ1v) is 5.25. The minimum Gasteiger partial charge on any atom is -0.480 e. The van der Waals surface area contributed by atoms with Gasteiger partial charge >= 0.3 is 12.0 Å². The monoisotopic (exact) mass is 257 g/mol. The first-order valence-electron chi connectivity index (χ1n) is 5.25. The molecule has 0 radical (unpaired) electrons. The fourth-order valence-corrected chi connectivity index (χ4v) is 1.37. The number of imide groups is 1. The Hall–Kier alpha value is -2.12. The van der Waals surface area contributed by atoms with Gasteiger partial charge in [-0.1, -0.05) is 0 Å². The van der Waals surface area contributed by atoms with Crippen molar-refractivity contribution in [2.75, 3.05) is 20.1 Å². The molecular weight excluding hydrogens is 242 g/mol. The summed E-state index contributed by atoms with van der Waals surface area (Å²) in [6.45, 7) is 2.20. The lowest BCUT2D eigenvalue weighted by Crippen LogP contribution is -2.60. The first-order chi connectivity index (χ1) is 8.16. The summed E-state index contributed by atoms with van der Waals surface area (Å²) in [4.78, 5) is 47.3. The number of nitrogens with zero attached hydrogens (tertiary/aromatic N) is 2. The lowest BCUT2D eigenvalue weighted by molar-refractivity contribution is -0.147. The number of rotatable bonds is 2. The predicted molar refractivity (Wildman–Crippen MR) is 59.6 cm³/mol. The normalized spacial score (nSPS) is 16.3. The molecule has 100 valence electrons. The molecule has 18 heavy (non-hydrogen) atoms. The summed E-state index contributed by atoms with van der Waals surface area (Å²) in [5.74, 6) is -2.34. The number of hydrogen-bond donors (Lipinski definition) is 2. The molecule has 1 fully saturated rings. The smallest absolute Gasteiger partial charge is 0.329 e. The van der Waals surface area contributed by atoms with Gasteiger partial charge in [0, 0.05) is 7.05 Å². The summed E-state index contributed by atoms with van der Waals surface area (Å²) in [6.07, 6.45) is 0. The highest BCUT2D eigenvalue weighted by atomic mass is 16.4. The maximum atomic E-state index is 12.0. The third-order valence-corrected chi connectivity index (χ3v) is 2.87. The zero-order valence-corrected chi connectivity index (χ0v) is 10.4. The van der Waals surface area contributed by atoms with E-state index in [2.05, 4.69) is 5.32 Å². The second-order valence-corrected chi connectivity index (χ2v) is 4.53. The topological polar surface area (TPSA) is 107 Å². The van der Waals surface area contributed by atoms with Crippen molar-refractivity contribution in [3.8, 4) is 0 Å². The summed E-state index contributed by atoms with van der Waals surface area (Å²) in [7, 11) is 1.31. The van der Waals surface area contributed by atoms with Crippen LogP contribution in [0.2, 0.25) is 0 Å². The number of amides is 4. The zero-order valence-electron chi connectivity index (χ0n) is 10.4. The highest BCUT2D eigenvalue weighted by Crippen LogP contribution is 2.15. The van der Waals surface area contributed by atoms with Gasteiger partial charge in [0.05, 0.1) is 0 Å². The number of urea groups is 1. The highest BCUT2D eigenvalue weighted by molar-refractivity contribution is 6.02. The Labute approximate surface area is 104 Å². The van der Waals surface area contributed by atoms with E-state index in [0.29, 0.717) is 0 Å². The molecule has 0 aromatic carbocycles. The lowest BCUT2D eigenvalue weighted by atomic mass is 10.0. The molecule has 1 heterocycles. The molecule has 0 aromatic rings. The minimum absolute atomic E-state index is 0.259. The van der Waals surface area contributed by atoms with E-state index >= 15 is 0 Å². The molecule has 1 rings (SSSR count). The van der Waals surface area contributed by atoms with Crippen LogP contribution in [-0.4, -0.2) is 64.4 Å². The van der Waals surface area contributed by atoms with Crippen molar-refractivity contribution in [1.29, 1.82) is 0 Å². The Morgan fingerprint density at radius 1 is 1.28 bits per heavy atom. The quantitative estimate of drug-likeness (QED) is 0.608. The van der Waals surface area contributed by atoms with Crippen molar-refractivity contribution in [2.45, 2.75) is 19.4 Å². The molecule has 8 nitrogen and oxygen atoms in total. The maximum absolute atomic E-state index is 12.0. The van der Waals surface area contributed by atoms with Crippen LogP contribution in [0, 0.1) is 0 Å². The van der Waals surface area contributed by atoms with E-state index in [1.54, 1.807) is 0 Å². The van der Waals surface area contributed by atoms with E-state index in [0.717, 1.165) is 9.80 Å². The Balaban J connectivity index is 2.84. The van der Waals surface area contributed by atoms with Crippen LogP contribution in [0.5, 0.6) is 0 Å². The zero-order chi connectivity index (χ0) is 14.1. The molecule has 1 saturated heterocycles. The van der Waals surface area contributed by atoms with Crippen LogP contribution in [0.3, 0.4) is 0 Å². The van der Waals surface area contributed by atoms with Gasteiger partial charge in [-0.3, -0.25) is 14.9 Å². The van der Waals surface area contributed by atoms with Crippen molar-refractivity contribution >= 4 is 23.8 Å². The van der Waals surface area contributed by atoms with E-state index in [9.17, 15) is 19.2 Å². The molecular formula is C10H15N3O5. The second kappa shape index (κ2) is 4.63.